The van der Waals surface area contributed by atoms with Crippen LogP contribution in [-0.2, 0) is 23.6 Å². The van der Waals surface area contributed by atoms with E-state index in [-0.39, 0.29) is 11.4 Å². The lowest BCUT2D eigenvalue weighted by molar-refractivity contribution is 0.414. The molecule has 0 spiro atoms. The summed E-state index contributed by atoms with van der Waals surface area (Å²) in [7, 11) is -0.187. The third kappa shape index (κ3) is 3.67. The van der Waals surface area contributed by atoms with Crippen molar-refractivity contribution in [2.24, 2.45) is 7.05 Å². The molecule has 0 amide bonds. The second-order valence-corrected chi connectivity index (χ2v) is 8.60. The Morgan fingerprint density at radius 2 is 1.92 bits per heavy atom. The van der Waals surface area contributed by atoms with Gasteiger partial charge in [-0.3, -0.25) is 0 Å². The van der Waals surface area contributed by atoms with Crippen molar-refractivity contribution >= 4 is 21.4 Å². The molecule has 3 aromatic rings. The Labute approximate surface area is 157 Å². The number of benzene rings is 1. The maximum atomic E-state index is 12.8. The highest BCUT2D eigenvalue weighted by Crippen LogP contribution is 2.29. The number of rotatable bonds is 6. The van der Waals surface area contributed by atoms with Crippen LogP contribution in [0.2, 0.25) is 0 Å². The first kappa shape index (κ1) is 18.6. The number of aryl methyl sites for hydroxylation is 1. The fourth-order valence-electron chi connectivity index (χ4n) is 2.62. The lowest BCUT2D eigenvalue weighted by atomic mass is 10.2. The van der Waals surface area contributed by atoms with Gasteiger partial charge in [-0.2, -0.15) is 0 Å². The normalized spacial score (nSPS) is 11.7. The second kappa shape index (κ2) is 7.22. The molecule has 2 heterocycles. The molecular weight excluding hydrogens is 370 g/mol. The van der Waals surface area contributed by atoms with Gasteiger partial charge in [0, 0.05) is 30.4 Å². The van der Waals surface area contributed by atoms with E-state index in [9.17, 15) is 8.42 Å². The quantitative estimate of drug-likeness (QED) is 0.700. The first-order chi connectivity index (χ1) is 12.3. The van der Waals surface area contributed by atoms with Crippen LogP contribution in [0.25, 0.3) is 10.7 Å². The summed E-state index contributed by atoms with van der Waals surface area (Å²) >= 11 is 1.50. The zero-order chi connectivity index (χ0) is 18.9. The van der Waals surface area contributed by atoms with Gasteiger partial charge >= 0.3 is 0 Å². The van der Waals surface area contributed by atoms with E-state index in [0.717, 1.165) is 27.7 Å². The van der Waals surface area contributed by atoms with Crippen LogP contribution in [0, 0.1) is 13.8 Å². The van der Waals surface area contributed by atoms with Crippen LogP contribution >= 0.6 is 11.3 Å². The van der Waals surface area contributed by atoms with Crippen LogP contribution in [0.5, 0.6) is 5.75 Å². The monoisotopic (exact) mass is 391 g/mol. The molecule has 0 aliphatic heterocycles. The number of thiazole rings is 1. The average Bonchev–Trinajstić information content (AvgIpc) is 3.18. The predicted molar refractivity (Wildman–Crippen MR) is 103 cm³/mol. The summed E-state index contributed by atoms with van der Waals surface area (Å²) in [4.78, 5) is 4.73. The Kier molecular flexibility index (Phi) is 5.17. The number of nitrogens with zero attached hydrogens (tertiary/aromatic N) is 2. The third-order valence-electron chi connectivity index (χ3n) is 4.24. The molecule has 0 aliphatic rings. The largest absolute Gasteiger partial charge is 0.497 e. The Morgan fingerprint density at radius 1 is 1.23 bits per heavy atom. The lowest BCUT2D eigenvalue weighted by Crippen LogP contribution is -2.23. The summed E-state index contributed by atoms with van der Waals surface area (Å²) in [5, 5.41) is 2.76. The van der Waals surface area contributed by atoms with Gasteiger partial charge in [0.1, 0.15) is 15.7 Å². The molecule has 0 atom stereocenters. The molecule has 0 radical (unpaired) electrons. The Balaban J connectivity index is 1.84. The minimum atomic E-state index is -3.63. The van der Waals surface area contributed by atoms with E-state index in [1.165, 1.54) is 11.3 Å². The second-order valence-electron chi connectivity index (χ2n) is 6.00. The minimum Gasteiger partial charge on any atom is -0.497 e. The van der Waals surface area contributed by atoms with Crippen molar-refractivity contribution in [2.75, 3.05) is 7.11 Å². The molecule has 2 aromatic heterocycles. The first-order valence-corrected chi connectivity index (χ1v) is 10.4. The molecule has 0 bridgehead atoms. The molecule has 1 aromatic carbocycles. The summed E-state index contributed by atoms with van der Waals surface area (Å²) in [6, 6.07) is 8.97. The maximum Gasteiger partial charge on any atom is 0.242 e. The predicted octanol–water partition coefficient (Wildman–Crippen LogP) is 3.25. The summed E-state index contributed by atoms with van der Waals surface area (Å²) < 4.78 is 35.2. The first-order valence-electron chi connectivity index (χ1n) is 8.03. The van der Waals surface area contributed by atoms with Crippen LogP contribution in [0.3, 0.4) is 0 Å². The summed E-state index contributed by atoms with van der Waals surface area (Å²) in [5.74, 6) is 0.735. The zero-order valence-corrected chi connectivity index (χ0v) is 16.7. The van der Waals surface area contributed by atoms with E-state index < -0.39 is 10.0 Å². The molecule has 0 unspecified atom stereocenters. The Bertz CT molecular complexity index is 1020. The van der Waals surface area contributed by atoms with E-state index >= 15 is 0 Å². The zero-order valence-electron chi connectivity index (χ0n) is 15.1. The van der Waals surface area contributed by atoms with Gasteiger partial charge in [0.15, 0.2) is 0 Å². The van der Waals surface area contributed by atoms with E-state index in [1.807, 2.05) is 36.1 Å². The van der Waals surface area contributed by atoms with Crippen molar-refractivity contribution in [3.63, 3.8) is 0 Å². The van der Waals surface area contributed by atoms with Crippen molar-refractivity contribution in [1.29, 1.82) is 0 Å². The van der Waals surface area contributed by atoms with Gasteiger partial charge in [0.05, 0.1) is 12.8 Å². The SMILES string of the molecule is COc1ccc(CNS(=O)(=O)c2cc(-c3nc(C)cs3)n(C)c2C)cc1. The van der Waals surface area contributed by atoms with Crippen LogP contribution in [-0.4, -0.2) is 25.1 Å². The summed E-state index contributed by atoms with van der Waals surface area (Å²) in [6.07, 6.45) is 0. The Morgan fingerprint density at radius 3 is 2.50 bits per heavy atom. The minimum absolute atomic E-state index is 0.215. The van der Waals surface area contributed by atoms with Crippen molar-refractivity contribution in [3.8, 4) is 16.5 Å². The number of methoxy groups -OCH3 is 1. The molecule has 138 valence electrons. The number of ether oxygens (including phenoxy) is 1. The van der Waals surface area contributed by atoms with Crippen molar-refractivity contribution in [1.82, 2.24) is 14.3 Å². The molecular formula is C18H21N3O3S2. The van der Waals surface area contributed by atoms with E-state index in [2.05, 4.69) is 9.71 Å². The van der Waals surface area contributed by atoms with Crippen molar-refractivity contribution < 1.29 is 13.2 Å². The topological polar surface area (TPSA) is 73.2 Å². The highest BCUT2D eigenvalue weighted by molar-refractivity contribution is 7.89. The Hall–Kier alpha value is -2.16. The van der Waals surface area contributed by atoms with Gasteiger partial charge in [-0.05, 0) is 37.6 Å². The van der Waals surface area contributed by atoms with Gasteiger partial charge in [0.2, 0.25) is 10.0 Å². The highest BCUT2D eigenvalue weighted by Gasteiger charge is 2.23. The fraction of sp³-hybridized carbons (Fsp3) is 0.278. The van der Waals surface area contributed by atoms with Gasteiger partial charge in [0.25, 0.3) is 0 Å². The van der Waals surface area contributed by atoms with Gasteiger partial charge in [-0.1, -0.05) is 12.1 Å². The van der Waals surface area contributed by atoms with Crippen LogP contribution in [0.15, 0.2) is 40.6 Å². The molecule has 26 heavy (non-hydrogen) atoms. The molecule has 8 heteroatoms. The molecule has 0 saturated heterocycles. The van der Waals surface area contributed by atoms with Crippen LogP contribution in [0.1, 0.15) is 17.0 Å². The van der Waals surface area contributed by atoms with E-state index in [0.29, 0.717) is 5.69 Å². The highest BCUT2D eigenvalue weighted by atomic mass is 32.2. The number of sulfonamides is 1. The van der Waals surface area contributed by atoms with Crippen molar-refractivity contribution in [3.05, 3.63) is 52.7 Å². The standard InChI is InChI=1S/C18H21N3O3S2/c1-12-11-25-18(20-12)16-9-17(13(2)21(16)3)26(22,23)19-10-14-5-7-15(24-4)8-6-14/h5-9,11,19H,10H2,1-4H3. The molecule has 6 nitrogen and oxygen atoms in total. The number of hydrogen-bond acceptors (Lipinski definition) is 5. The number of aromatic nitrogens is 2. The van der Waals surface area contributed by atoms with E-state index in [4.69, 9.17) is 4.74 Å². The average molecular weight is 392 g/mol. The smallest absolute Gasteiger partial charge is 0.242 e. The van der Waals surface area contributed by atoms with Gasteiger partial charge < -0.3 is 9.30 Å². The third-order valence-corrected chi connectivity index (χ3v) is 6.74. The van der Waals surface area contributed by atoms with Gasteiger partial charge in [-0.25, -0.2) is 18.1 Å². The maximum absolute atomic E-state index is 12.8. The fourth-order valence-corrected chi connectivity index (χ4v) is 4.77. The summed E-state index contributed by atoms with van der Waals surface area (Å²) in [5.41, 5.74) is 3.25. The summed E-state index contributed by atoms with van der Waals surface area (Å²) in [6.45, 7) is 3.93. The molecule has 0 aliphatic carbocycles. The lowest BCUT2D eigenvalue weighted by Gasteiger charge is -2.08. The van der Waals surface area contributed by atoms with Gasteiger partial charge in [-0.15, -0.1) is 11.3 Å². The van der Waals surface area contributed by atoms with E-state index in [1.54, 1.807) is 32.2 Å². The number of nitrogens with one attached hydrogen (secondary N) is 1. The van der Waals surface area contributed by atoms with Crippen LogP contribution in [0.4, 0.5) is 0 Å². The molecule has 0 saturated carbocycles. The molecule has 1 N–H and O–H groups in total. The molecule has 0 fully saturated rings. The molecule has 3 rings (SSSR count). The number of hydrogen-bond donors (Lipinski definition) is 1. The van der Waals surface area contributed by atoms with Crippen molar-refractivity contribution in [2.45, 2.75) is 25.3 Å². The van der Waals surface area contributed by atoms with Crippen LogP contribution < -0.4 is 9.46 Å².